The van der Waals surface area contributed by atoms with Gasteiger partial charge in [-0.25, -0.2) is 4.98 Å². The Hall–Kier alpha value is -2.29. The molecule has 1 aromatic heterocycles. The molecule has 3 heteroatoms. The van der Waals surface area contributed by atoms with Crippen molar-refractivity contribution in [1.82, 2.24) is 4.98 Å². The molecular weight excluding hydrogens is 224 g/mol. The highest BCUT2D eigenvalue weighted by Gasteiger charge is 2.18. The first-order chi connectivity index (χ1) is 8.90. The zero-order valence-corrected chi connectivity index (χ0v) is 10.2. The topological polar surface area (TPSA) is 25.4 Å². The first-order valence-corrected chi connectivity index (χ1v) is 5.92. The zero-order valence-electron chi connectivity index (χ0n) is 10.2. The van der Waals surface area contributed by atoms with Crippen LogP contribution in [0.4, 0.5) is 11.5 Å². The van der Waals surface area contributed by atoms with Gasteiger partial charge in [-0.15, -0.1) is 0 Å². The van der Waals surface area contributed by atoms with Crippen molar-refractivity contribution < 1.29 is 4.74 Å². The molecule has 0 unspecified atom stereocenters. The van der Waals surface area contributed by atoms with Gasteiger partial charge < -0.3 is 9.64 Å². The molecule has 3 rings (SSSR count). The van der Waals surface area contributed by atoms with Crippen LogP contribution in [0.3, 0.4) is 0 Å². The molecule has 0 saturated carbocycles. The number of ether oxygens (including phenoxy) is 1. The summed E-state index contributed by atoms with van der Waals surface area (Å²) in [5.41, 5.74) is 2.37. The Morgan fingerprint density at radius 3 is 2.94 bits per heavy atom. The van der Waals surface area contributed by atoms with E-state index in [1.165, 1.54) is 5.56 Å². The maximum atomic E-state index is 5.39. The molecule has 0 saturated heterocycles. The number of anilines is 2. The van der Waals surface area contributed by atoms with Crippen LogP contribution in [-0.4, -0.2) is 18.6 Å². The number of benzene rings is 1. The van der Waals surface area contributed by atoms with Crippen LogP contribution >= 0.6 is 0 Å². The van der Waals surface area contributed by atoms with Crippen LogP contribution in [0.1, 0.15) is 5.56 Å². The van der Waals surface area contributed by atoms with Crippen molar-refractivity contribution in [3.63, 3.8) is 0 Å². The third kappa shape index (κ3) is 1.74. The van der Waals surface area contributed by atoms with Crippen molar-refractivity contribution in [2.24, 2.45) is 0 Å². The van der Waals surface area contributed by atoms with Crippen molar-refractivity contribution in [2.45, 2.75) is 0 Å². The van der Waals surface area contributed by atoms with Gasteiger partial charge in [-0.3, -0.25) is 0 Å². The fraction of sp³-hybridized carbons (Fsp3) is 0.133. The fourth-order valence-electron chi connectivity index (χ4n) is 2.20. The van der Waals surface area contributed by atoms with E-state index in [4.69, 9.17) is 4.74 Å². The van der Waals surface area contributed by atoms with E-state index < -0.39 is 0 Å². The van der Waals surface area contributed by atoms with E-state index in [1.807, 2.05) is 24.3 Å². The van der Waals surface area contributed by atoms with E-state index >= 15 is 0 Å². The van der Waals surface area contributed by atoms with E-state index in [2.05, 4.69) is 34.2 Å². The van der Waals surface area contributed by atoms with Gasteiger partial charge in [0.2, 0.25) is 0 Å². The summed E-state index contributed by atoms with van der Waals surface area (Å²) in [7, 11) is 1.67. The van der Waals surface area contributed by atoms with Gasteiger partial charge in [0.1, 0.15) is 0 Å². The van der Waals surface area contributed by atoms with Gasteiger partial charge in [0, 0.05) is 12.7 Å². The number of pyridine rings is 1. The van der Waals surface area contributed by atoms with Crippen molar-refractivity contribution >= 4 is 17.6 Å². The number of nitrogens with zero attached hydrogens (tertiary/aromatic N) is 2. The molecule has 0 amide bonds. The molecule has 1 aliphatic heterocycles. The zero-order chi connectivity index (χ0) is 12.4. The van der Waals surface area contributed by atoms with Gasteiger partial charge in [-0.2, -0.15) is 0 Å². The van der Waals surface area contributed by atoms with Gasteiger partial charge in [0.25, 0.3) is 0 Å². The second-order valence-corrected chi connectivity index (χ2v) is 4.10. The molecule has 90 valence electrons. The number of hydrogen-bond acceptors (Lipinski definition) is 3. The Kier molecular flexibility index (Phi) is 2.73. The Morgan fingerprint density at radius 2 is 2.06 bits per heavy atom. The number of methoxy groups -OCH3 is 1. The van der Waals surface area contributed by atoms with Crippen LogP contribution in [0.5, 0.6) is 5.75 Å². The molecular formula is C15H14N2O. The van der Waals surface area contributed by atoms with Crippen LogP contribution in [-0.2, 0) is 0 Å². The Bertz CT molecular complexity index is 593. The molecule has 3 nitrogen and oxygen atoms in total. The van der Waals surface area contributed by atoms with E-state index in [0.717, 1.165) is 23.8 Å². The quantitative estimate of drug-likeness (QED) is 0.803. The molecule has 2 heterocycles. The maximum absolute atomic E-state index is 5.39. The van der Waals surface area contributed by atoms with Crippen molar-refractivity contribution in [2.75, 3.05) is 18.6 Å². The number of fused-ring (bicyclic) bond motifs is 1. The summed E-state index contributed by atoms with van der Waals surface area (Å²) >= 11 is 0. The highest BCUT2D eigenvalue weighted by atomic mass is 16.5. The second kappa shape index (κ2) is 4.53. The number of aromatic nitrogens is 1. The lowest BCUT2D eigenvalue weighted by Gasteiger charge is -2.28. The third-order valence-electron chi connectivity index (χ3n) is 3.04. The highest BCUT2D eigenvalue weighted by Crippen LogP contribution is 2.35. The van der Waals surface area contributed by atoms with Crippen LogP contribution < -0.4 is 9.64 Å². The van der Waals surface area contributed by atoms with Crippen molar-refractivity contribution in [1.29, 1.82) is 0 Å². The van der Waals surface area contributed by atoms with Crippen LogP contribution in [0, 0.1) is 0 Å². The minimum Gasteiger partial charge on any atom is -0.493 e. The molecule has 0 atom stereocenters. The van der Waals surface area contributed by atoms with Crippen LogP contribution in [0.2, 0.25) is 0 Å². The summed E-state index contributed by atoms with van der Waals surface area (Å²) in [6, 6.07) is 12.1. The van der Waals surface area contributed by atoms with E-state index in [1.54, 1.807) is 13.3 Å². The molecule has 1 aromatic carbocycles. The van der Waals surface area contributed by atoms with Crippen molar-refractivity contribution in [3.05, 3.63) is 54.2 Å². The molecule has 0 fully saturated rings. The van der Waals surface area contributed by atoms with Gasteiger partial charge in [-0.05, 0) is 23.8 Å². The summed E-state index contributed by atoms with van der Waals surface area (Å²) in [5.74, 6) is 1.65. The first-order valence-electron chi connectivity index (χ1n) is 5.92. The number of rotatable bonds is 2. The SMILES string of the molecule is COc1cccnc1N1CC=Cc2ccccc21. The van der Waals surface area contributed by atoms with Gasteiger partial charge in [0.15, 0.2) is 11.6 Å². The first kappa shape index (κ1) is 10.8. The molecule has 18 heavy (non-hydrogen) atoms. The van der Waals surface area contributed by atoms with E-state index in [-0.39, 0.29) is 0 Å². The summed E-state index contributed by atoms with van der Waals surface area (Å²) < 4.78 is 5.39. The minimum absolute atomic E-state index is 0.794. The molecule has 0 N–H and O–H groups in total. The minimum atomic E-state index is 0.794. The van der Waals surface area contributed by atoms with Gasteiger partial charge in [-0.1, -0.05) is 30.4 Å². The summed E-state index contributed by atoms with van der Waals surface area (Å²) in [6.45, 7) is 0.810. The summed E-state index contributed by atoms with van der Waals surface area (Å²) in [6.07, 6.45) is 6.07. The monoisotopic (exact) mass is 238 g/mol. The molecule has 0 aliphatic carbocycles. The Morgan fingerprint density at radius 1 is 1.17 bits per heavy atom. The Labute approximate surface area is 106 Å². The average molecular weight is 238 g/mol. The van der Waals surface area contributed by atoms with Gasteiger partial charge in [0.05, 0.1) is 12.8 Å². The molecule has 0 spiro atoms. The predicted molar refractivity (Wildman–Crippen MR) is 73.3 cm³/mol. The number of hydrogen-bond donors (Lipinski definition) is 0. The predicted octanol–water partition coefficient (Wildman–Crippen LogP) is 3.26. The summed E-state index contributed by atoms with van der Waals surface area (Å²) in [5, 5.41) is 0. The van der Waals surface area contributed by atoms with Crippen LogP contribution in [0.25, 0.3) is 6.08 Å². The average Bonchev–Trinajstić information content (AvgIpc) is 2.46. The smallest absolute Gasteiger partial charge is 0.176 e. The normalized spacial score (nSPS) is 13.3. The largest absolute Gasteiger partial charge is 0.493 e. The Balaban J connectivity index is 2.11. The maximum Gasteiger partial charge on any atom is 0.176 e. The molecule has 0 radical (unpaired) electrons. The lowest BCUT2D eigenvalue weighted by molar-refractivity contribution is 0.413. The third-order valence-corrected chi connectivity index (χ3v) is 3.04. The standard InChI is InChI=1S/C15H14N2O/c1-18-14-9-4-10-16-15(14)17-11-5-7-12-6-2-3-8-13(12)17/h2-10H,11H2,1H3. The highest BCUT2D eigenvalue weighted by molar-refractivity contribution is 5.78. The van der Waals surface area contributed by atoms with Crippen LogP contribution in [0.15, 0.2) is 48.7 Å². The lowest BCUT2D eigenvalue weighted by atomic mass is 10.1. The molecule has 2 aromatic rings. The van der Waals surface area contributed by atoms with E-state index in [9.17, 15) is 0 Å². The van der Waals surface area contributed by atoms with Gasteiger partial charge >= 0.3 is 0 Å². The molecule has 0 bridgehead atoms. The number of para-hydroxylation sites is 1. The molecule has 1 aliphatic rings. The van der Waals surface area contributed by atoms with Crippen molar-refractivity contribution in [3.8, 4) is 5.75 Å². The summed E-state index contributed by atoms with van der Waals surface area (Å²) in [4.78, 5) is 6.60. The fourth-order valence-corrected chi connectivity index (χ4v) is 2.20. The van der Waals surface area contributed by atoms with E-state index in [0.29, 0.717) is 0 Å². The second-order valence-electron chi connectivity index (χ2n) is 4.10. The lowest BCUT2D eigenvalue weighted by Crippen LogP contribution is -2.21.